The van der Waals surface area contributed by atoms with E-state index in [1.165, 1.54) is 6.20 Å². The summed E-state index contributed by atoms with van der Waals surface area (Å²) < 4.78 is 7.31. The summed E-state index contributed by atoms with van der Waals surface area (Å²) in [5.41, 5.74) is 2.19. The van der Waals surface area contributed by atoms with Gasteiger partial charge in [-0.2, -0.15) is 0 Å². The number of imidazole rings is 1. The Kier molecular flexibility index (Phi) is 7.33. The molecule has 3 aromatic heterocycles. The normalized spacial score (nSPS) is 13.3. The van der Waals surface area contributed by atoms with Gasteiger partial charge in [-0.05, 0) is 26.0 Å². The molecule has 31 heavy (non-hydrogen) atoms. The molecule has 11 heteroatoms. The molecule has 0 radical (unpaired) electrons. The predicted octanol–water partition coefficient (Wildman–Crippen LogP) is 1.19. The van der Waals surface area contributed by atoms with Gasteiger partial charge in [0.05, 0.1) is 24.1 Å². The van der Waals surface area contributed by atoms with E-state index in [0.717, 1.165) is 37.6 Å². The molecular formula is C20H25N7O4. The number of carbonyl (C=O) groups is 2. The van der Waals surface area contributed by atoms with Gasteiger partial charge in [-0.25, -0.2) is 15.0 Å². The first-order valence-corrected chi connectivity index (χ1v) is 9.85. The Hall–Kier alpha value is -3.73. The van der Waals surface area contributed by atoms with Crippen molar-refractivity contribution < 1.29 is 19.4 Å². The van der Waals surface area contributed by atoms with Crippen molar-refractivity contribution in [3.63, 3.8) is 0 Å². The number of hydrogen-bond acceptors (Lipinski definition) is 8. The maximum atomic E-state index is 12.6. The van der Waals surface area contributed by atoms with Crippen molar-refractivity contribution in [2.75, 3.05) is 43.0 Å². The topological polar surface area (TPSA) is 134 Å². The summed E-state index contributed by atoms with van der Waals surface area (Å²) in [5.74, 6) is 1.30. The fourth-order valence-corrected chi connectivity index (χ4v) is 3.21. The zero-order valence-electron chi connectivity index (χ0n) is 17.4. The standard InChI is InChI=1S/C19H23N7O2.CH2O2/c1-3-28-18-13(2)23-19-22-10-14(12-26(18)19)17(27)24-16-5-4-15(11-21-16)25-8-6-20-7-9-25;2-1-3/h4-5,10-12,20H,3,6-9H2,1-2H3,(H,21,24,27);1H,(H,2,3). The van der Waals surface area contributed by atoms with Crippen LogP contribution in [-0.2, 0) is 4.79 Å². The molecule has 0 atom stereocenters. The van der Waals surface area contributed by atoms with Crippen LogP contribution in [0.2, 0.25) is 0 Å². The molecule has 0 spiro atoms. The number of pyridine rings is 1. The van der Waals surface area contributed by atoms with Crippen molar-refractivity contribution in [1.29, 1.82) is 0 Å². The molecule has 3 N–H and O–H groups in total. The summed E-state index contributed by atoms with van der Waals surface area (Å²) in [7, 11) is 0. The number of aromatic nitrogens is 4. The minimum atomic E-state index is -0.286. The van der Waals surface area contributed by atoms with Gasteiger partial charge in [0.2, 0.25) is 11.7 Å². The van der Waals surface area contributed by atoms with Crippen LogP contribution in [0.15, 0.2) is 30.7 Å². The molecule has 164 valence electrons. The quantitative estimate of drug-likeness (QED) is 0.513. The first-order chi connectivity index (χ1) is 15.1. The second kappa shape index (κ2) is 10.3. The van der Waals surface area contributed by atoms with Crippen LogP contribution in [0.5, 0.6) is 5.88 Å². The first kappa shape index (κ1) is 22.0. The number of anilines is 2. The van der Waals surface area contributed by atoms with Crippen molar-refractivity contribution in [2.45, 2.75) is 13.8 Å². The molecular weight excluding hydrogens is 402 g/mol. The Morgan fingerprint density at radius 2 is 2.03 bits per heavy atom. The van der Waals surface area contributed by atoms with E-state index in [9.17, 15) is 4.79 Å². The molecule has 0 unspecified atom stereocenters. The van der Waals surface area contributed by atoms with Gasteiger partial charge in [-0.15, -0.1) is 0 Å². The minimum absolute atomic E-state index is 0.250. The average Bonchev–Trinajstić information content (AvgIpc) is 3.10. The van der Waals surface area contributed by atoms with Crippen molar-refractivity contribution in [2.24, 2.45) is 0 Å². The zero-order valence-corrected chi connectivity index (χ0v) is 17.4. The molecule has 0 aliphatic carbocycles. The van der Waals surface area contributed by atoms with Crippen LogP contribution in [0, 0.1) is 6.92 Å². The predicted molar refractivity (Wildman–Crippen MR) is 115 cm³/mol. The Bertz CT molecular complexity index is 1030. The zero-order chi connectivity index (χ0) is 22.2. The number of nitrogens with zero attached hydrogens (tertiary/aromatic N) is 5. The molecule has 0 aromatic carbocycles. The average molecular weight is 427 g/mol. The fourth-order valence-electron chi connectivity index (χ4n) is 3.21. The van der Waals surface area contributed by atoms with Gasteiger partial charge in [-0.1, -0.05) is 0 Å². The molecule has 4 rings (SSSR count). The van der Waals surface area contributed by atoms with E-state index < -0.39 is 0 Å². The fraction of sp³-hybridized carbons (Fsp3) is 0.350. The number of ether oxygens (including phenoxy) is 1. The van der Waals surface area contributed by atoms with Gasteiger partial charge in [0.1, 0.15) is 11.5 Å². The number of carbonyl (C=O) groups excluding carboxylic acids is 1. The number of rotatable bonds is 5. The maximum Gasteiger partial charge on any atom is 0.290 e. The van der Waals surface area contributed by atoms with E-state index in [1.807, 2.05) is 26.0 Å². The molecule has 1 aliphatic heterocycles. The minimum Gasteiger partial charge on any atom is -0.483 e. The highest BCUT2D eigenvalue weighted by molar-refractivity contribution is 6.03. The Morgan fingerprint density at radius 3 is 2.68 bits per heavy atom. The van der Waals surface area contributed by atoms with Crippen LogP contribution in [0.4, 0.5) is 11.5 Å². The molecule has 1 amide bonds. The van der Waals surface area contributed by atoms with Crippen LogP contribution >= 0.6 is 0 Å². The van der Waals surface area contributed by atoms with E-state index >= 15 is 0 Å². The molecule has 4 heterocycles. The molecule has 0 bridgehead atoms. The summed E-state index contributed by atoms with van der Waals surface area (Å²) in [5, 5.41) is 13.0. The Morgan fingerprint density at radius 1 is 1.29 bits per heavy atom. The van der Waals surface area contributed by atoms with Gasteiger partial charge in [0.15, 0.2) is 0 Å². The lowest BCUT2D eigenvalue weighted by Gasteiger charge is -2.29. The summed E-state index contributed by atoms with van der Waals surface area (Å²) in [6.45, 7) is 7.84. The summed E-state index contributed by atoms with van der Waals surface area (Å²) in [6.07, 6.45) is 4.97. The molecule has 1 saturated heterocycles. The molecule has 11 nitrogen and oxygen atoms in total. The van der Waals surface area contributed by atoms with Crippen molar-refractivity contribution in [3.8, 4) is 5.88 Å². The highest BCUT2D eigenvalue weighted by Crippen LogP contribution is 2.20. The number of nitrogens with one attached hydrogen (secondary N) is 2. The Balaban J connectivity index is 0.000000858. The van der Waals surface area contributed by atoms with E-state index in [-0.39, 0.29) is 12.4 Å². The number of hydrogen-bond donors (Lipinski definition) is 3. The van der Waals surface area contributed by atoms with Crippen LogP contribution in [0.3, 0.4) is 0 Å². The van der Waals surface area contributed by atoms with E-state index in [1.54, 1.807) is 16.8 Å². The van der Waals surface area contributed by atoms with Gasteiger partial charge in [-0.3, -0.25) is 14.0 Å². The van der Waals surface area contributed by atoms with Gasteiger partial charge in [0, 0.05) is 38.6 Å². The van der Waals surface area contributed by atoms with Crippen LogP contribution < -0.4 is 20.3 Å². The maximum absolute atomic E-state index is 12.6. The van der Waals surface area contributed by atoms with Crippen LogP contribution in [0.1, 0.15) is 23.0 Å². The second-order valence-electron chi connectivity index (χ2n) is 6.65. The highest BCUT2D eigenvalue weighted by atomic mass is 16.5. The summed E-state index contributed by atoms with van der Waals surface area (Å²) in [6, 6.07) is 3.79. The van der Waals surface area contributed by atoms with Gasteiger partial charge < -0.3 is 25.4 Å². The molecule has 1 aliphatic rings. The number of amides is 1. The van der Waals surface area contributed by atoms with Crippen molar-refractivity contribution in [3.05, 3.63) is 42.0 Å². The third kappa shape index (κ3) is 5.25. The van der Waals surface area contributed by atoms with Gasteiger partial charge in [0.25, 0.3) is 12.4 Å². The smallest absolute Gasteiger partial charge is 0.290 e. The molecule has 1 fully saturated rings. The van der Waals surface area contributed by atoms with E-state index in [2.05, 4.69) is 30.5 Å². The number of fused-ring (bicyclic) bond motifs is 1. The third-order valence-corrected chi connectivity index (χ3v) is 4.61. The summed E-state index contributed by atoms with van der Waals surface area (Å²) >= 11 is 0. The largest absolute Gasteiger partial charge is 0.483 e. The second-order valence-corrected chi connectivity index (χ2v) is 6.65. The molecule has 3 aromatic rings. The van der Waals surface area contributed by atoms with Crippen LogP contribution in [0.25, 0.3) is 5.78 Å². The third-order valence-electron chi connectivity index (χ3n) is 4.61. The van der Waals surface area contributed by atoms with Crippen molar-refractivity contribution in [1.82, 2.24) is 24.7 Å². The highest BCUT2D eigenvalue weighted by Gasteiger charge is 2.15. The SMILES string of the molecule is CCOc1c(C)nc2ncc(C(=O)Nc3ccc(N4CCNCC4)cn3)cn12.O=CO. The summed E-state index contributed by atoms with van der Waals surface area (Å²) in [4.78, 5) is 36.2. The lowest BCUT2D eigenvalue weighted by Crippen LogP contribution is -2.43. The van der Waals surface area contributed by atoms with Crippen LogP contribution in [-0.4, -0.2) is 69.6 Å². The Labute approximate surface area is 179 Å². The first-order valence-electron chi connectivity index (χ1n) is 9.85. The number of piperazine rings is 1. The molecule has 0 saturated carbocycles. The number of carboxylic acid groups (broad SMARTS) is 1. The lowest BCUT2D eigenvalue weighted by molar-refractivity contribution is -0.122. The van der Waals surface area contributed by atoms with Gasteiger partial charge >= 0.3 is 0 Å². The number of aryl methyl sites for hydroxylation is 1. The lowest BCUT2D eigenvalue weighted by atomic mass is 10.3. The van der Waals surface area contributed by atoms with Crippen molar-refractivity contribution >= 4 is 29.7 Å². The monoisotopic (exact) mass is 427 g/mol. The van der Waals surface area contributed by atoms with E-state index in [0.29, 0.717) is 29.6 Å². The van der Waals surface area contributed by atoms with E-state index in [4.69, 9.17) is 14.6 Å².